The molecule has 0 saturated heterocycles. The lowest BCUT2D eigenvalue weighted by molar-refractivity contribution is -0.275. The zero-order valence-corrected chi connectivity index (χ0v) is 11.6. The fourth-order valence-electron chi connectivity index (χ4n) is 1.38. The lowest BCUT2D eigenvalue weighted by Gasteiger charge is -2.23. The van der Waals surface area contributed by atoms with Crippen LogP contribution in [0.5, 0.6) is 5.75 Å². The van der Waals surface area contributed by atoms with E-state index < -0.39 is 39.7 Å². The molecule has 1 atom stereocenters. The normalized spacial score (nSPS) is 14.3. The minimum Gasteiger partial charge on any atom is -0.404 e. The number of nitrogens with zero attached hydrogens (tertiary/aromatic N) is 1. The Kier molecular flexibility index (Phi) is 5.00. The van der Waals surface area contributed by atoms with Crippen LogP contribution >= 0.6 is 0 Å². The molecule has 9 heteroatoms. The number of halogens is 3. The van der Waals surface area contributed by atoms with Gasteiger partial charge >= 0.3 is 6.36 Å². The van der Waals surface area contributed by atoms with Gasteiger partial charge in [0.2, 0.25) is 10.0 Å². The second-order valence-electron chi connectivity index (χ2n) is 4.05. The molecule has 5 nitrogen and oxygen atoms in total. The van der Waals surface area contributed by atoms with E-state index in [0.717, 1.165) is 16.4 Å². The highest BCUT2D eigenvalue weighted by molar-refractivity contribution is 7.89. The van der Waals surface area contributed by atoms with E-state index in [9.17, 15) is 21.6 Å². The minimum absolute atomic E-state index is 0.460. The molecule has 1 N–H and O–H groups in total. The zero-order chi connectivity index (χ0) is 15.6. The molecule has 1 rings (SSSR count). The van der Waals surface area contributed by atoms with Crippen molar-refractivity contribution in [3.05, 3.63) is 24.3 Å². The van der Waals surface area contributed by atoms with E-state index >= 15 is 0 Å². The quantitative estimate of drug-likeness (QED) is 0.896. The average Bonchev–Trinajstić information content (AvgIpc) is 2.35. The molecule has 1 aromatic carbocycles. The van der Waals surface area contributed by atoms with Gasteiger partial charge in [0, 0.05) is 13.1 Å². The second kappa shape index (κ2) is 5.98. The number of likely N-dealkylation sites (N-methyl/N-ethyl adjacent to an activating group) is 1. The van der Waals surface area contributed by atoms with Gasteiger partial charge in [0.15, 0.2) is 0 Å². The fourth-order valence-corrected chi connectivity index (χ4v) is 2.84. The van der Waals surface area contributed by atoms with Crippen LogP contribution < -0.4 is 4.74 Å². The molecule has 0 spiro atoms. The van der Waals surface area contributed by atoms with Gasteiger partial charge in [-0.15, -0.1) is 13.2 Å². The Labute approximate surface area is 114 Å². The maximum Gasteiger partial charge on any atom is 0.573 e. The van der Waals surface area contributed by atoms with E-state index in [2.05, 4.69) is 4.74 Å². The van der Waals surface area contributed by atoms with Crippen molar-refractivity contribution in [3.8, 4) is 5.75 Å². The fraction of sp³-hybridized carbons (Fsp3) is 0.455. The third-order valence-electron chi connectivity index (χ3n) is 2.62. The monoisotopic (exact) mass is 313 g/mol. The smallest absolute Gasteiger partial charge is 0.404 e. The van der Waals surface area contributed by atoms with E-state index in [4.69, 9.17) is 5.11 Å². The SMILES string of the molecule is CC(CO)N(C)S(=O)(=O)c1ccccc1OC(F)(F)F. The summed E-state index contributed by atoms with van der Waals surface area (Å²) in [5, 5.41) is 8.95. The number of benzene rings is 1. The van der Waals surface area contributed by atoms with Crippen LogP contribution in [-0.4, -0.2) is 43.9 Å². The minimum atomic E-state index is -4.99. The molecule has 0 aliphatic carbocycles. The summed E-state index contributed by atoms with van der Waals surface area (Å²) in [4.78, 5) is -0.611. The van der Waals surface area contributed by atoms with Crippen LogP contribution in [0.25, 0.3) is 0 Å². The Bertz CT molecular complexity index is 559. The molecule has 1 unspecified atom stereocenters. The highest BCUT2D eigenvalue weighted by Crippen LogP contribution is 2.31. The molecule has 20 heavy (non-hydrogen) atoms. The molecule has 0 amide bonds. The van der Waals surface area contributed by atoms with Crippen LogP contribution in [0.15, 0.2) is 29.2 Å². The summed E-state index contributed by atoms with van der Waals surface area (Å²) in [5.41, 5.74) is 0. The number of ether oxygens (including phenoxy) is 1. The standard InChI is InChI=1S/C11H14F3NO4S/c1-8(7-16)15(2)20(17,18)10-6-4-3-5-9(10)19-11(12,13)14/h3-6,8,16H,7H2,1-2H3. The molecule has 0 bridgehead atoms. The van der Waals surface area contributed by atoms with Gasteiger partial charge < -0.3 is 9.84 Å². The van der Waals surface area contributed by atoms with Crippen molar-refractivity contribution in [3.63, 3.8) is 0 Å². The molecule has 0 aliphatic heterocycles. The molecule has 0 aliphatic rings. The molecule has 0 radical (unpaired) electrons. The number of sulfonamides is 1. The van der Waals surface area contributed by atoms with Crippen molar-refractivity contribution in [2.75, 3.05) is 13.7 Å². The number of hydrogen-bond donors (Lipinski definition) is 1. The number of alkyl halides is 3. The van der Waals surface area contributed by atoms with Crippen molar-refractivity contribution in [2.24, 2.45) is 0 Å². The highest BCUT2D eigenvalue weighted by Gasteiger charge is 2.35. The van der Waals surface area contributed by atoms with Gasteiger partial charge in [-0.3, -0.25) is 0 Å². The van der Waals surface area contributed by atoms with Crippen LogP contribution in [-0.2, 0) is 10.0 Å². The summed E-state index contributed by atoms with van der Waals surface area (Å²) in [6, 6.07) is 3.66. The van der Waals surface area contributed by atoms with Crippen molar-refractivity contribution in [2.45, 2.75) is 24.2 Å². The van der Waals surface area contributed by atoms with Crippen LogP contribution in [0.1, 0.15) is 6.92 Å². The van der Waals surface area contributed by atoms with Gasteiger partial charge in [-0.25, -0.2) is 8.42 Å². The summed E-state index contributed by atoms with van der Waals surface area (Å²) in [6.07, 6.45) is -4.99. The summed E-state index contributed by atoms with van der Waals surface area (Å²) in [7, 11) is -3.04. The van der Waals surface area contributed by atoms with Crippen molar-refractivity contribution in [1.82, 2.24) is 4.31 Å². The lowest BCUT2D eigenvalue weighted by Crippen LogP contribution is -2.37. The largest absolute Gasteiger partial charge is 0.573 e. The van der Waals surface area contributed by atoms with E-state index in [0.29, 0.717) is 0 Å². The first-order valence-electron chi connectivity index (χ1n) is 5.53. The number of para-hydroxylation sites is 1. The van der Waals surface area contributed by atoms with Crippen molar-refractivity contribution >= 4 is 10.0 Å². The zero-order valence-electron chi connectivity index (χ0n) is 10.8. The van der Waals surface area contributed by atoms with Gasteiger partial charge in [0.1, 0.15) is 10.6 Å². The van der Waals surface area contributed by atoms with Gasteiger partial charge in [0.25, 0.3) is 0 Å². The van der Waals surface area contributed by atoms with E-state index in [1.165, 1.54) is 26.1 Å². The first kappa shape index (κ1) is 16.7. The number of aliphatic hydroxyl groups is 1. The average molecular weight is 313 g/mol. The Morgan fingerprint density at radius 3 is 2.40 bits per heavy atom. The molecular formula is C11H14F3NO4S. The summed E-state index contributed by atoms with van der Waals surface area (Å²) in [6.45, 7) is 0.961. The molecule has 0 fully saturated rings. The van der Waals surface area contributed by atoms with E-state index in [1.54, 1.807) is 0 Å². The van der Waals surface area contributed by atoms with Gasteiger partial charge in [-0.1, -0.05) is 12.1 Å². The van der Waals surface area contributed by atoms with Crippen LogP contribution in [0.3, 0.4) is 0 Å². The second-order valence-corrected chi connectivity index (χ2v) is 6.01. The van der Waals surface area contributed by atoms with Crippen LogP contribution in [0.4, 0.5) is 13.2 Å². The summed E-state index contributed by atoms with van der Waals surface area (Å²) >= 11 is 0. The molecule has 0 heterocycles. The third-order valence-corrected chi connectivity index (χ3v) is 4.63. The Hall–Kier alpha value is -1.32. The number of rotatable bonds is 5. The molecular weight excluding hydrogens is 299 g/mol. The van der Waals surface area contributed by atoms with Gasteiger partial charge in [-0.05, 0) is 19.1 Å². The molecule has 114 valence electrons. The lowest BCUT2D eigenvalue weighted by atomic mass is 10.3. The Morgan fingerprint density at radius 1 is 1.35 bits per heavy atom. The Morgan fingerprint density at radius 2 is 1.90 bits per heavy atom. The maximum absolute atomic E-state index is 12.3. The summed E-state index contributed by atoms with van der Waals surface area (Å²) < 4.78 is 65.7. The van der Waals surface area contributed by atoms with Crippen molar-refractivity contribution < 1.29 is 31.4 Å². The highest BCUT2D eigenvalue weighted by atomic mass is 32.2. The van der Waals surface area contributed by atoms with Crippen LogP contribution in [0, 0.1) is 0 Å². The first-order chi connectivity index (χ1) is 9.09. The van der Waals surface area contributed by atoms with Gasteiger partial charge in [-0.2, -0.15) is 4.31 Å². The topological polar surface area (TPSA) is 66.8 Å². The van der Waals surface area contributed by atoms with Crippen LogP contribution in [0.2, 0.25) is 0 Å². The summed E-state index contributed by atoms with van der Waals surface area (Å²) in [5.74, 6) is -0.808. The third kappa shape index (κ3) is 3.84. The maximum atomic E-state index is 12.3. The predicted molar refractivity (Wildman–Crippen MR) is 64.6 cm³/mol. The molecule has 0 aromatic heterocycles. The number of hydrogen-bond acceptors (Lipinski definition) is 4. The van der Waals surface area contributed by atoms with E-state index in [-0.39, 0.29) is 0 Å². The Balaban J connectivity index is 3.26. The van der Waals surface area contributed by atoms with Crippen molar-refractivity contribution in [1.29, 1.82) is 0 Å². The van der Waals surface area contributed by atoms with Gasteiger partial charge in [0.05, 0.1) is 6.61 Å². The van der Waals surface area contributed by atoms with E-state index in [1.807, 2.05) is 0 Å². The molecule has 0 saturated carbocycles. The first-order valence-corrected chi connectivity index (χ1v) is 6.97. The predicted octanol–water partition coefficient (Wildman–Crippen LogP) is 1.59. The number of aliphatic hydroxyl groups excluding tert-OH is 1. The molecule has 1 aromatic rings.